The van der Waals surface area contributed by atoms with Crippen molar-refractivity contribution in [3.05, 3.63) is 48.5 Å². The van der Waals surface area contributed by atoms with Crippen LogP contribution in [-0.4, -0.2) is 47.8 Å². The van der Waals surface area contributed by atoms with Gasteiger partial charge in [-0.25, -0.2) is 0 Å². The van der Waals surface area contributed by atoms with Gasteiger partial charge in [0.05, 0.1) is 32.1 Å². The number of ether oxygens (including phenoxy) is 2. The minimum absolute atomic E-state index is 0.0200. The number of aromatic nitrogens is 2. The molecular formula is C21H19N5O5S. The number of nitrogens with zero attached hydrogens (tertiary/aromatic N) is 4. The van der Waals surface area contributed by atoms with Crippen molar-refractivity contribution >= 4 is 35.1 Å². The number of anilines is 1. The second-order valence-corrected chi connectivity index (χ2v) is 7.47. The summed E-state index contributed by atoms with van der Waals surface area (Å²) < 4.78 is 16.1. The van der Waals surface area contributed by atoms with Gasteiger partial charge in [-0.05, 0) is 30.3 Å². The zero-order valence-electron chi connectivity index (χ0n) is 17.3. The predicted molar refractivity (Wildman–Crippen MR) is 118 cm³/mol. The molecule has 1 N–H and O–H groups in total. The standard InChI is InChI=1S/C21H19N5O5S/c1-29-15-9-8-13(10-16(15)30-2)20-23-24-21(31-20)32-12-18(27)22-17-11-19(28)26(25-17)14-6-4-3-5-7-14/h3-10H,11-12H2,1-2H3,(H,22,25,27). The molecule has 2 amide bonds. The summed E-state index contributed by atoms with van der Waals surface area (Å²) in [7, 11) is 3.09. The molecule has 1 aromatic heterocycles. The van der Waals surface area contributed by atoms with Crippen LogP contribution in [0.3, 0.4) is 0 Å². The van der Waals surface area contributed by atoms with Gasteiger partial charge in [0.2, 0.25) is 11.8 Å². The fraction of sp³-hybridized carbons (Fsp3) is 0.190. The molecule has 0 atom stereocenters. The third kappa shape index (κ3) is 4.72. The number of thioether (sulfide) groups is 1. The maximum atomic E-state index is 12.3. The van der Waals surface area contributed by atoms with Crippen LogP contribution in [0.15, 0.2) is 63.3 Å². The Morgan fingerprint density at radius 3 is 2.66 bits per heavy atom. The number of methoxy groups -OCH3 is 2. The van der Waals surface area contributed by atoms with Crippen LogP contribution in [0.25, 0.3) is 11.5 Å². The highest BCUT2D eigenvalue weighted by Gasteiger charge is 2.26. The molecule has 0 saturated carbocycles. The van der Waals surface area contributed by atoms with Crippen molar-refractivity contribution in [1.29, 1.82) is 0 Å². The van der Waals surface area contributed by atoms with Crippen LogP contribution in [0.2, 0.25) is 0 Å². The zero-order chi connectivity index (χ0) is 22.5. The summed E-state index contributed by atoms with van der Waals surface area (Å²) in [5, 5.41) is 16.3. The third-order valence-electron chi connectivity index (χ3n) is 4.42. The van der Waals surface area contributed by atoms with Gasteiger partial charge in [0.15, 0.2) is 11.5 Å². The molecule has 32 heavy (non-hydrogen) atoms. The molecule has 1 aliphatic heterocycles. The van der Waals surface area contributed by atoms with Crippen LogP contribution in [0.5, 0.6) is 11.5 Å². The van der Waals surface area contributed by atoms with Crippen LogP contribution >= 0.6 is 11.8 Å². The first-order valence-corrected chi connectivity index (χ1v) is 10.5. The van der Waals surface area contributed by atoms with E-state index in [4.69, 9.17) is 13.9 Å². The summed E-state index contributed by atoms with van der Waals surface area (Å²) in [6.45, 7) is 0. The van der Waals surface area contributed by atoms with Gasteiger partial charge >= 0.3 is 0 Å². The first-order valence-electron chi connectivity index (χ1n) is 9.51. The molecule has 1 aliphatic rings. The summed E-state index contributed by atoms with van der Waals surface area (Å²) in [5.74, 6) is 1.18. The highest BCUT2D eigenvalue weighted by atomic mass is 32.2. The summed E-state index contributed by atoms with van der Waals surface area (Å²) >= 11 is 1.08. The van der Waals surface area contributed by atoms with Crippen LogP contribution in [-0.2, 0) is 9.59 Å². The van der Waals surface area contributed by atoms with Gasteiger partial charge in [-0.3, -0.25) is 9.59 Å². The number of carbonyl (C=O) groups excluding carboxylic acids is 2. The molecule has 0 unspecified atom stereocenters. The van der Waals surface area contributed by atoms with Crippen molar-refractivity contribution in [2.24, 2.45) is 5.10 Å². The number of carbonyl (C=O) groups is 2. The number of nitrogens with one attached hydrogen (secondary N) is 1. The second kappa shape index (κ2) is 9.52. The molecule has 2 heterocycles. The molecule has 164 valence electrons. The minimum Gasteiger partial charge on any atom is -0.493 e. The number of benzene rings is 2. The molecule has 3 aromatic rings. The Hall–Kier alpha value is -3.86. The number of hydrazone groups is 1. The third-order valence-corrected chi connectivity index (χ3v) is 5.24. The Balaban J connectivity index is 1.34. The van der Waals surface area contributed by atoms with Crippen molar-refractivity contribution in [3.63, 3.8) is 0 Å². The zero-order valence-corrected chi connectivity index (χ0v) is 18.1. The lowest BCUT2D eigenvalue weighted by molar-refractivity contribution is -0.117. The van der Waals surface area contributed by atoms with E-state index in [9.17, 15) is 9.59 Å². The Labute approximate surface area is 187 Å². The molecule has 0 saturated heterocycles. The van der Waals surface area contributed by atoms with E-state index in [1.807, 2.05) is 18.2 Å². The number of amides is 2. The van der Waals surface area contributed by atoms with Crippen LogP contribution in [0.4, 0.5) is 5.69 Å². The van der Waals surface area contributed by atoms with Gasteiger partial charge in [-0.15, -0.1) is 10.2 Å². The number of para-hydroxylation sites is 1. The minimum atomic E-state index is -0.331. The van der Waals surface area contributed by atoms with E-state index in [1.54, 1.807) is 37.4 Å². The van der Waals surface area contributed by atoms with Crippen LogP contribution in [0, 0.1) is 0 Å². The fourth-order valence-corrected chi connectivity index (χ4v) is 3.51. The van der Waals surface area contributed by atoms with Crippen molar-refractivity contribution in [2.75, 3.05) is 25.0 Å². The Bertz CT molecular complexity index is 1160. The number of rotatable bonds is 7. The summed E-state index contributed by atoms with van der Waals surface area (Å²) in [6, 6.07) is 14.2. The second-order valence-electron chi connectivity index (χ2n) is 6.54. The van der Waals surface area contributed by atoms with Gasteiger partial charge in [-0.1, -0.05) is 30.0 Å². The molecule has 0 fully saturated rings. The summed E-state index contributed by atoms with van der Waals surface area (Å²) in [5.41, 5.74) is 1.30. The first kappa shape index (κ1) is 21.4. The number of amidine groups is 1. The topological polar surface area (TPSA) is 119 Å². The SMILES string of the molecule is COc1ccc(-c2nnc(SCC(=O)NC3=NN(c4ccccc4)C(=O)C3)o2)cc1OC. The Morgan fingerprint density at radius 2 is 1.91 bits per heavy atom. The van der Waals surface area contributed by atoms with Crippen molar-refractivity contribution in [1.82, 2.24) is 15.5 Å². The Morgan fingerprint density at radius 1 is 1.12 bits per heavy atom. The van der Waals surface area contributed by atoms with E-state index in [2.05, 4.69) is 20.6 Å². The van der Waals surface area contributed by atoms with Gasteiger partial charge < -0.3 is 19.2 Å². The number of hydrogen-bond donors (Lipinski definition) is 1. The monoisotopic (exact) mass is 453 g/mol. The Kier molecular flexibility index (Phi) is 6.36. The lowest BCUT2D eigenvalue weighted by Gasteiger charge is -2.10. The van der Waals surface area contributed by atoms with Gasteiger partial charge in [0.25, 0.3) is 11.1 Å². The summed E-state index contributed by atoms with van der Waals surface area (Å²) in [6.07, 6.45) is 0.0231. The van der Waals surface area contributed by atoms with E-state index in [0.29, 0.717) is 28.6 Å². The van der Waals surface area contributed by atoms with E-state index in [0.717, 1.165) is 11.8 Å². The molecule has 4 rings (SSSR count). The largest absolute Gasteiger partial charge is 0.493 e. The van der Waals surface area contributed by atoms with Crippen molar-refractivity contribution < 1.29 is 23.5 Å². The number of hydrogen-bond acceptors (Lipinski definition) is 9. The predicted octanol–water partition coefficient (Wildman–Crippen LogP) is 2.71. The smallest absolute Gasteiger partial charge is 0.277 e. The maximum absolute atomic E-state index is 12.3. The molecule has 0 bridgehead atoms. The van der Waals surface area contributed by atoms with Crippen molar-refractivity contribution in [2.45, 2.75) is 11.6 Å². The molecular weight excluding hydrogens is 434 g/mol. The fourth-order valence-electron chi connectivity index (χ4n) is 2.95. The normalized spacial score (nSPS) is 13.1. The van der Waals surface area contributed by atoms with Crippen LogP contribution < -0.4 is 19.8 Å². The lowest BCUT2D eigenvalue weighted by atomic mass is 10.2. The molecule has 11 heteroatoms. The molecule has 0 spiro atoms. The highest BCUT2D eigenvalue weighted by molar-refractivity contribution is 7.99. The average Bonchev–Trinajstić information content (AvgIpc) is 3.44. The molecule has 0 radical (unpaired) electrons. The maximum Gasteiger partial charge on any atom is 0.277 e. The molecule has 10 nitrogen and oxygen atoms in total. The van der Waals surface area contributed by atoms with Crippen molar-refractivity contribution in [3.8, 4) is 23.0 Å². The highest BCUT2D eigenvalue weighted by Crippen LogP contribution is 2.32. The van der Waals surface area contributed by atoms with E-state index < -0.39 is 0 Å². The van der Waals surface area contributed by atoms with E-state index in [1.165, 1.54) is 12.1 Å². The van der Waals surface area contributed by atoms with E-state index >= 15 is 0 Å². The molecule has 0 aliphatic carbocycles. The summed E-state index contributed by atoms with van der Waals surface area (Å²) in [4.78, 5) is 24.5. The quantitative estimate of drug-likeness (QED) is 0.543. The average molecular weight is 453 g/mol. The van der Waals surface area contributed by atoms with Gasteiger partial charge in [-0.2, -0.15) is 10.1 Å². The van der Waals surface area contributed by atoms with Crippen LogP contribution in [0.1, 0.15) is 6.42 Å². The first-order chi connectivity index (χ1) is 15.6. The van der Waals surface area contributed by atoms with Gasteiger partial charge in [0.1, 0.15) is 5.84 Å². The van der Waals surface area contributed by atoms with Gasteiger partial charge in [0, 0.05) is 5.56 Å². The van der Waals surface area contributed by atoms with E-state index in [-0.39, 0.29) is 35.1 Å². The lowest BCUT2D eigenvalue weighted by Crippen LogP contribution is -2.31. The molecule has 2 aromatic carbocycles.